The number of fused-ring (bicyclic) bond motifs is 9. The van der Waals surface area contributed by atoms with Crippen molar-refractivity contribution in [2.75, 3.05) is 4.90 Å². The van der Waals surface area contributed by atoms with Gasteiger partial charge in [-0.2, -0.15) is 0 Å². The minimum absolute atomic E-state index is 0.464. The van der Waals surface area contributed by atoms with Gasteiger partial charge in [0.25, 0.3) is 0 Å². The Morgan fingerprint density at radius 2 is 0.634 bits per heavy atom. The summed E-state index contributed by atoms with van der Waals surface area (Å²) in [6.45, 7) is 0. The summed E-state index contributed by atoms with van der Waals surface area (Å²) < 4.78 is 2.38. The van der Waals surface area contributed by atoms with Gasteiger partial charge in [-0.3, -0.25) is 0 Å². The molecule has 13 aromatic carbocycles. The van der Waals surface area contributed by atoms with Crippen LogP contribution in [0.15, 0.2) is 328 Å². The van der Waals surface area contributed by atoms with Gasteiger partial charge in [-0.05, 0) is 156 Å². The standard InChI is InChI=1S/C80H54N2/c1-5-23-59(24-6-1)79(60-25-7-2-8-26-60)74-37-18-14-33-68(74)72-53-58(44-51-75(72)79)57-22-21-31-65(52-57)81(63-45-40-55(41-46-63)56-42-47-64(48-43-56)82-77-38-19-15-34-70(77)71-35-16-20-39-78(71)82)66-49-50-69-67-32-13-17-36-73(67)80(76(69)54-66,61-27-9-3-10-28-61)62-29-11-4-12-30-62/h1-54H. The smallest absolute Gasteiger partial charge is 0.0714 e. The first-order valence-corrected chi connectivity index (χ1v) is 28.5. The summed E-state index contributed by atoms with van der Waals surface area (Å²) in [4.78, 5) is 2.46. The number of para-hydroxylation sites is 2. The number of hydrogen-bond donors (Lipinski definition) is 0. The molecule has 0 aliphatic heterocycles. The minimum atomic E-state index is -0.553. The monoisotopic (exact) mass is 1040 g/mol. The average molecular weight is 1040 g/mol. The Labute approximate surface area is 478 Å². The van der Waals surface area contributed by atoms with E-state index >= 15 is 0 Å². The van der Waals surface area contributed by atoms with E-state index in [-0.39, 0.29) is 0 Å². The minimum Gasteiger partial charge on any atom is -0.310 e. The van der Waals surface area contributed by atoms with Crippen molar-refractivity contribution in [2.45, 2.75) is 10.8 Å². The Hall–Kier alpha value is -10.5. The molecular formula is C80H54N2. The number of anilines is 3. The molecule has 0 radical (unpaired) electrons. The van der Waals surface area contributed by atoms with E-state index < -0.39 is 10.8 Å². The van der Waals surface area contributed by atoms with Crippen LogP contribution < -0.4 is 4.90 Å². The highest BCUT2D eigenvalue weighted by Crippen LogP contribution is 2.59. The third-order valence-electron chi connectivity index (χ3n) is 17.8. The highest BCUT2D eigenvalue weighted by molar-refractivity contribution is 6.09. The fourth-order valence-electron chi connectivity index (χ4n) is 14.3. The molecule has 82 heavy (non-hydrogen) atoms. The molecule has 0 N–H and O–H groups in total. The van der Waals surface area contributed by atoms with Crippen molar-refractivity contribution in [1.82, 2.24) is 4.57 Å². The van der Waals surface area contributed by atoms with Crippen molar-refractivity contribution >= 4 is 38.9 Å². The summed E-state index contributed by atoms with van der Waals surface area (Å²) in [5.74, 6) is 0. The Morgan fingerprint density at radius 1 is 0.232 bits per heavy atom. The van der Waals surface area contributed by atoms with E-state index in [0.29, 0.717) is 0 Å². The van der Waals surface area contributed by atoms with Crippen molar-refractivity contribution in [3.8, 4) is 50.2 Å². The second-order valence-electron chi connectivity index (χ2n) is 21.9. The molecule has 2 aliphatic carbocycles. The average Bonchev–Trinajstić information content (AvgIpc) is 3.17. The van der Waals surface area contributed by atoms with Gasteiger partial charge in [0.1, 0.15) is 0 Å². The van der Waals surface area contributed by atoms with Gasteiger partial charge in [0.15, 0.2) is 0 Å². The van der Waals surface area contributed by atoms with E-state index in [1.165, 1.54) is 94.1 Å². The molecule has 14 aromatic rings. The van der Waals surface area contributed by atoms with Crippen LogP contribution in [0.2, 0.25) is 0 Å². The number of benzene rings is 13. The van der Waals surface area contributed by atoms with Gasteiger partial charge in [0, 0.05) is 33.5 Å². The van der Waals surface area contributed by atoms with Gasteiger partial charge in [-0.15, -0.1) is 0 Å². The van der Waals surface area contributed by atoms with Crippen molar-refractivity contribution in [2.24, 2.45) is 0 Å². The lowest BCUT2D eigenvalue weighted by Crippen LogP contribution is -2.28. The van der Waals surface area contributed by atoms with Crippen LogP contribution >= 0.6 is 0 Å². The van der Waals surface area contributed by atoms with Gasteiger partial charge in [-0.25, -0.2) is 0 Å². The fourth-order valence-corrected chi connectivity index (χ4v) is 14.3. The van der Waals surface area contributed by atoms with Crippen LogP contribution in [0, 0.1) is 0 Å². The third-order valence-corrected chi connectivity index (χ3v) is 17.8. The maximum Gasteiger partial charge on any atom is 0.0714 e. The lowest BCUT2D eigenvalue weighted by atomic mass is 9.67. The van der Waals surface area contributed by atoms with Gasteiger partial charge in [0.2, 0.25) is 0 Å². The maximum absolute atomic E-state index is 2.47. The summed E-state index contributed by atoms with van der Waals surface area (Å²) >= 11 is 0. The lowest BCUT2D eigenvalue weighted by molar-refractivity contribution is 0.768. The second kappa shape index (κ2) is 19.1. The van der Waals surface area contributed by atoms with Crippen molar-refractivity contribution in [1.29, 1.82) is 0 Å². The summed E-state index contributed by atoms with van der Waals surface area (Å²) in [7, 11) is 0. The summed E-state index contributed by atoms with van der Waals surface area (Å²) in [5.41, 5.74) is 25.6. The largest absolute Gasteiger partial charge is 0.310 e. The van der Waals surface area contributed by atoms with Crippen molar-refractivity contribution in [3.63, 3.8) is 0 Å². The van der Waals surface area contributed by atoms with Crippen LogP contribution in [0.1, 0.15) is 44.5 Å². The Bertz CT molecular complexity index is 4580. The van der Waals surface area contributed by atoms with Crippen LogP contribution in [0.5, 0.6) is 0 Å². The third kappa shape index (κ3) is 7.14. The zero-order chi connectivity index (χ0) is 54.2. The van der Waals surface area contributed by atoms with Crippen LogP contribution in [-0.4, -0.2) is 4.57 Å². The molecule has 1 aromatic heterocycles. The number of aromatic nitrogens is 1. The predicted octanol–water partition coefficient (Wildman–Crippen LogP) is 20.3. The normalized spacial score (nSPS) is 13.3. The van der Waals surface area contributed by atoms with E-state index in [1.54, 1.807) is 0 Å². The highest BCUT2D eigenvalue weighted by atomic mass is 15.1. The van der Waals surface area contributed by atoms with Crippen LogP contribution in [0.3, 0.4) is 0 Å². The molecule has 0 bridgehead atoms. The summed E-state index contributed by atoms with van der Waals surface area (Å²) in [5, 5.41) is 2.52. The molecule has 2 heteroatoms. The van der Waals surface area contributed by atoms with E-state index in [9.17, 15) is 0 Å². The fraction of sp³-hybridized carbons (Fsp3) is 0.0250. The van der Waals surface area contributed by atoms with Crippen molar-refractivity contribution < 1.29 is 0 Å². The Balaban J connectivity index is 0.849. The first kappa shape index (κ1) is 47.5. The Kier molecular flexibility index (Phi) is 11.0. The van der Waals surface area contributed by atoms with Crippen LogP contribution in [0.25, 0.3) is 72.0 Å². The zero-order valence-electron chi connectivity index (χ0n) is 45.1. The zero-order valence-corrected chi connectivity index (χ0v) is 45.1. The Morgan fingerprint density at radius 3 is 1.20 bits per heavy atom. The van der Waals surface area contributed by atoms with Crippen molar-refractivity contribution in [3.05, 3.63) is 372 Å². The van der Waals surface area contributed by atoms with Gasteiger partial charge < -0.3 is 9.47 Å². The molecule has 0 saturated heterocycles. The van der Waals surface area contributed by atoms with Crippen LogP contribution in [0.4, 0.5) is 17.1 Å². The molecule has 0 saturated carbocycles. The van der Waals surface area contributed by atoms with Crippen LogP contribution in [-0.2, 0) is 10.8 Å². The molecule has 0 atom stereocenters. The molecule has 0 unspecified atom stereocenters. The van der Waals surface area contributed by atoms with Gasteiger partial charge in [-0.1, -0.05) is 261 Å². The first-order valence-electron chi connectivity index (χ1n) is 28.5. The topological polar surface area (TPSA) is 8.17 Å². The molecule has 0 amide bonds. The molecule has 2 aliphatic rings. The molecule has 0 fully saturated rings. The number of nitrogens with zero attached hydrogens (tertiary/aromatic N) is 2. The van der Waals surface area contributed by atoms with E-state index in [2.05, 4.69) is 337 Å². The SMILES string of the molecule is c1ccc(C2(c3ccccc3)c3ccccc3-c3cc(-c4cccc(N(c5ccc(-c6ccc(-n7c8ccccc8c8ccccc87)cc6)cc5)c5ccc6c(c5)C(c5ccccc5)(c5ccccc5)c5ccccc5-6)c4)ccc32)cc1. The highest BCUT2D eigenvalue weighted by Gasteiger charge is 2.47. The maximum atomic E-state index is 2.47. The molecule has 0 spiro atoms. The quantitative estimate of drug-likeness (QED) is 0.133. The molecule has 1 heterocycles. The molecular weight excluding hydrogens is 989 g/mol. The van der Waals surface area contributed by atoms with E-state index in [0.717, 1.165) is 39.4 Å². The summed E-state index contributed by atoms with van der Waals surface area (Å²) in [6.07, 6.45) is 0. The summed E-state index contributed by atoms with van der Waals surface area (Å²) in [6, 6.07) is 121. The second-order valence-corrected chi connectivity index (χ2v) is 21.9. The van der Waals surface area contributed by atoms with Gasteiger partial charge in [0.05, 0.1) is 21.9 Å². The van der Waals surface area contributed by atoms with E-state index in [1.807, 2.05) is 0 Å². The van der Waals surface area contributed by atoms with E-state index in [4.69, 9.17) is 0 Å². The molecule has 2 nitrogen and oxygen atoms in total. The first-order chi connectivity index (χ1) is 40.7. The molecule has 16 rings (SSSR count). The lowest BCUT2D eigenvalue weighted by Gasteiger charge is -2.35. The van der Waals surface area contributed by atoms with Gasteiger partial charge >= 0.3 is 0 Å². The molecule has 384 valence electrons. The predicted molar refractivity (Wildman–Crippen MR) is 341 cm³/mol. The number of rotatable bonds is 10. The number of hydrogen-bond acceptors (Lipinski definition) is 1.